The molecule has 0 amide bonds. The molecule has 1 aliphatic rings. The summed E-state index contributed by atoms with van der Waals surface area (Å²) < 4.78 is 42.3. The topological polar surface area (TPSA) is 86.7 Å². The van der Waals surface area contributed by atoms with E-state index in [0.717, 1.165) is 37.7 Å². The van der Waals surface area contributed by atoms with Gasteiger partial charge >= 0.3 is 5.97 Å². The molecule has 1 atom stereocenters. The van der Waals surface area contributed by atoms with Crippen molar-refractivity contribution in [2.75, 3.05) is 17.9 Å². The molecular weight excluding hydrogens is 499 g/mol. The van der Waals surface area contributed by atoms with Gasteiger partial charge in [-0.1, -0.05) is 43.9 Å². The number of halogens is 2. The first-order chi connectivity index (χ1) is 15.2. The summed E-state index contributed by atoms with van der Waals surface area (Å²) in [7, 11) is -2.33. The highest BCUT2D eigenvalue weighted by Gasteiger charge is 2.35. The minimum Gasteiger partial charge on any atom is -0.481 e. The predicted molar refractivity (Wildman–Crippen MR) is 126 cm³/mol. The number of para-hydroxylation sites is 1. The number of carboxylic acids is 1. The van der Waals surface area contributed by atoms with Gasteiger partial charge in [0, 0.05) is 13.5 Å². The lowest BCUT2D eigenvalue weighted by Crippen LogP contribution is -2.26. The number of aliphatic carboxylic acids is 1. The van der Waals surface area contributed by atoms with E-state index in [2.05, 4.69) is 21.2 Å². The molecule has 0 spiro atoms. The lowest BCUT2D eigenvalue weighted by atomic mass is 9.96. The second kappa shape index (κ2) is 10.8. The van der Waals surface area contributed by atoms with Gasteiger partial charge in [-0.2, -0.15) is 0 Å². The van der Waals surface area contributed by atoms with Crippen LogP contribution in [0.4, 0.5) is 10.1 Å². The highest BCUT2D eigenvalue weighted by atomic mass is 79.9. The molecule has 2 aromatic rings. The minimum absolute atomic E-state index is 0.0837. The molecule has 32 heavy (non-hydrogen) atoms. The predicted octanol–water partition coefficient (Wildman–Crippen LogP) is 5.22. The normalized spacial score (nSPS) is 16.8. The molecule has 0 fully saturated rings. The van der Waals surface area contributed by atoms with Gasteiger partial charge in [0.2, 0.25) is 0 Å². The quantitative estimate of drug-likeness (QED) is 0.414. The fourth-order valence-electron chi connectivity index (χ4n) is 4.03. The molecule has 9 heteroatoms. The average molecular weight is 527 g/mol. The SMILES string of the molecule is CN1c2ccccc2C(NCCCCCCCCC(=O)O)c2cc(F)c(Br)cc2S1(=O)=O. The average Bonchev–Trinajstić information content (AvgIpc) is 2.81. The van der Waals surface area contributed by atoms with Crippen molar-refractivity contribution in [2.24, 2.45) is 0 Å². The second-order valence-corrected chi connectivity index (χ2v) is 10.8. The molecule has 1 aliphatic heterocycles. The van der Waals surface area contributed by atoms with Crippen LogP contribution in [0.1, 0.15) is 62.1 Å². The van der Waals surface area contributed by atoms with E-state index in [1.165, 1.54) is 23.5 Å². The van der Waals surface area contributed by atoms with Crippen LogP contribution in [0.5, 0.6) is 0 Å². The van der Waals surface area contributed by atoms with Gasteiger partial charge in [0.1, 0.15) is 5.82 Å². The fraction of sp³-hybridized carbons (Fsp3) is 0.435. The van der Waals surface area contributed by atoms with Gasteiger partial charge in [0.05, 0.1) is 21.1 Å². The van der Waals surface area contributed by atoms with Crippen molar-refractivity contribution >= 4 is 37.6 Å². The summed E-state index contributed by atoms with van der Waals surface area (Å²) in [5, 5.41) is 12.1. The molecule has 3 rings (SSSR count). The highest BCUT2D eigenvalue weighted by Crippen LogP contribution is 2.41. The lowest BCUT2D eigenvalue weighted by molar-refractivity contribution is -0.137. The Hall–Kier alpha value is -1.97. The molecule has 6 nitrogen and oxygen atoms in total. The summed E-state index contributed by atoms with van der Waals surface area (Å²) in [5.41, 5.74) is 1.75. The van der Waals surface area contributed by atoms with Crippen LogP contribution >= 0.6 is 15.9 Å². The summed E-state index contributed by atoms with van der Waals surface area (Å²) in [5.74, 6) is -1.26. The number of nitrogens with zero attached hydrogens (tertiary/aromatic N) is 1. The zero-order valence-electron chi connectivity index (χ0n) is 18.0. The van der Waals surface area contributed by atoms with E-state index >= 15 is 0 Å². The molecule has 0 bridgehead atoms. The largest absolute Gasteiger partial charge is 0.481 e. The van der Waals surface area contributed by atoms with E-state index in [4.69, 9.17) is 5.11 Å². The molecule has 2 N–H and O–H groups in total. The number of rotatable bonds is 10. The minimum atomic E-state index is -3.84. The summed E-state index contributed by atoms with van der Waals surface area (Å²) in [6, 6.07) is 9.46. The van der Waals surface area contributed by atoms with Crippen LogP contribution in [0.3, 0.4) is 0 Å². The van der Waals surface area contributed by atoms with E-state index < -0.39 is 27.9 Å². The Morgan fingerprint density at radius 1 is 1.09 bits per heavy atom. The Morgan fingerprint density at radius 3 is 2.47 bits per heavy atom. The van der Waals surface area contributed by atoms with Gasteiger partial charge in [-0.3, -0.25) is 9.10 Å². The Kier molecular flexibility index (Phi) is 8.30. The summed E-state index contributed by atoms with van der Waals surface area (Å²) in [6.45, 7) is 0.648. The smallest absolute Gasteiger partial charge is 0.303 e. The number of unbranched alkanes of at least 4 members (excludes halogenated alkanes) is 5. The number of anilines is 1. The summed E-state index contributed by atoms with van der Waals surface area (Å²) >= 11 is 3.12. The molecule has 0 saturated carbocycles. The van der Waals surface area contributed by atoms with E-state index in [-0.39, 0.29) is 15.8 Å². The first-order valence-corrected chi connectivity index (χ1v) is 13.0. The number of benzene rings is 2. The van der Waals surface area contributed by atoms with Crippen LogP contribution in [0.15, 0.2) is 45.8 Å². The Labute approximate surface area is 197 Å². The Bertz CT molecular complexity index is 1080. The standard InChI is InChI=1S/C23H28BrFN2O4S/c1-27-20-11-8-7-10-16(20)23(26-13-9-5-3-2-4-6-12-22(28)29)17-14-19(25)18(24)15-21(17)32(27,30)31/h7-8,10-11,14-15,23,26H,2-6,9,12-13H2,1H3,(H,28,29). The van der Waals surface area contributed by atoms with Crippen molar-refractivity contribution in [2.45, 2.75) is 55.9 Å². The van der Waals surface area contributed by atoms with E-state index in [0.29, 0.717) is 24.2 Å². The van der Waals surface area contributed by atoms with Gasteiger partial charge in [-0.15, -0.1) is 0 Å². The molecule has 0 aliphatic carbocycles. The molecule has 0 saturated heterocycles. The molecule has 174 valence electrons. The zero-order chi connectivity index (χ0) is 23.3. The number of nitrogens with one attached hydrogen (secondary N) is 1. The van der Waals surface area contributed by atoms with Crippen LogP contribution < -0.4 is 9.62 Å². The van der Waals surface area contributed by atoms with Crippen LogP contribution in [-0.4, -0.2) is 33.1 Å². The Balaban J connectivity index is 1.75. The number of fused-ring (bicyclic) bond motifs is 2. The molecule has 0 radical (unpaired) electrons. The lowest BCUT2D eigenvalue weighted by Gasteiger charge is -2.22. The van der Waals surface area contributed by atoms with Crippen LogP contribution in [0, 0.1) is 5.82 Å². The maximum atomic E-state index is 14.5. The van der Waals surface area contributed by atoms with Crippen molar-refractivity contribution < 1.29 is 22.7 Å². The molecule has 2 aromatic carbocycles. The van der Waals surface area contributed by atoms with Crippen LogP contribution in [0.25, 0.3) is 0 Å². The maximum absolute atomic E-state index is 14.5. The monoisotopic (exact) mass is 526 g/mol. The van der Waals surface area contributed by atoms with Crippen molar-refractivity contribution in [1.29, 1.82) is 0 Å². The summed E-state index contributed by atoms with van der Waals surface area (Å²) in [4.78, 5) is 10.6. The molecule has 1 unspecified atom stereocenters. The van der Waals surface area contributed by atoms with E-state index in [1.807, 2.05) is 12.1 Å². The van der Waals surface area contributed by atoms with Gasteiger partial charge in [0.25, 0.3) is 10.0 Å². The number of hydrogen-bond acceptors (Lipinski definition) is 4. The van der Waals surface area contributed by atoms with Crippen LogP contribution in [-0.2, 0) is 14.8 Å². The zero-order valence-corrected chi connectivity index (χ0v) is 20.4. The van der Waals surface area contributed by atoms with E-state index in [1.54, 1.807) is 12.1 Å². The van der Waals surface area contributed by atoms with Crippen molar-refractivity contribution in [3.05, 3.63) is 57.8 Å². The number of carbonyl (C=O) groups is 1. The first kappa shape index (κ1) is 24.7. The number of carboxylic acid groups (broad SMARTS) is 1. The third-order valence-corrected chi connectivity index (χ3v) is 8.19. The number of sulfonamides is 1. The Morgan fingerprint density at radius 2 is 1.75 bits per heavy atom. The van der Waals surface area contributed by atoms with Crippen molar-refractivity contribution in [3.8, 4) is 0 Å². The van der Waals surface area contributed by atoms with Gasteiger partial charge in [-0.25, -0.2) is 12.8 Å². The van der Waals surface area contributed by atoms with Crippen molar-refractivity contribution in [1.82, 2.24) is 5.32 Å². The molecular formula is C23H28BrFN2O4S. The van der Waals surface area contributed by atoms with Gasteiger partial charge in [-0.05, 0) is 64.6 Å². The first-order valence-electron chi connectivity index (χ1n) is 10.8. The summed E-state index contributed by atoms with van der Waals surface area (Å²) in [6.07, 6.45) is 5.69. The van der Waals surface area contributed by atoms with Crippen LogP contribution in [0.2, 0.25) is 0 Å². The van der Waals surface area contributed by atoms with Gasteiger partial charge in [0.15, 0.2) is 0 Å². The van der Waals surface area contributed by atoms with E-state index in [9.17, 15) is 17.6 Å². The second-order valence-electron chi connectivity index (χ2n) is 7.99. The highest BCUT2D eigenvalue weighted by molar-refractivity contribution is 9.10. The number of hydrogen-bond donors (Lipinski definition) is 2. The van der Waals surface area contributed by atoms with Crippen molar-refractivity contribution in [3.63, 3.8) is 0 Å². The molecule has 0 aromatic heterocycles. The molecule has 1 heterocycles. The third kappa shape index (κ3) is 5.50. The fourth-order valence-corrected chi connectivity index (χ4v) is 5.99. The third-order valence-electron chi connectivity index (χ3n) is 5.76. The maximum Gasteiger partial charge on any atom is 0.303 e. The van der Waals surface area contributed by atoms with Gasteiger partial charge < -0.3 is 10.4 Å².